The van der Waals surface area contributed by atoms with Gasteiger partial charge >= 0.3 is 0 Å². The number of nitrogens with one attached hydrogen (secondary N) is 2. The van der Waals surface area contributed by atoms with Crippen LogP contribution < -0.4 is 11.1 Å². The van der Waals surface area contributed by atoms with Crippen molar-refractivity contribution < 1.29 is 0 Å². The van der Waals surface area contributed by atoms with Crippen molar-refractivity contribution in [2.75, 3.05) is 6.54 Å². The maximum absolute atomic E-state index is 5.79. The van der Waals surface area contributed by atoms with Gasteiger partial charge in [0.15, 0.2) is 0 Å². The second kappa shape index (κ2) is 6.49. The summed E-state index contributed by atoms with van der Waals surface area (Å²) in [6.45, 7) is 6.37. The van der Waals surface area contributed by atoms with Crippen molar-refractivity contribution in [2.24, 2.45) is 5.73 Å². The minimum absolute atomic E-state index is 0.447. The number of nitrogens with two attached hydrogens (primary N) is 1. The maximum atomic E-state index is 5.79. The van der Waals surface area contributed by atoms with Crippen molar-refractivity contribution >= 4 is 16.6 Å². The molecule has 0 aliphatic carbocycles. The number of H-pyrrole nitrogens is 1. The standard InChI is InChI=1S/C17H18N4/c1-4-7-19-13(3)12(2)10-14(11-18)15-5-8-20-17-16(15)6-9-21-17/h1,5-6,8-11,19H,3,7,18H2,2H3,(H,20,21)/b12-10+,14-11+. The van der Waals surface area contributed by atoms with E-state index in [1.165, 1.54) is 0 Å². The predicted octanol–water partition coefficient (Wildman–Crippen LogP) is 2.55. The van der Waals surface area contributed by atoms with Crippen LogP contribution in [0.5, 0.6) is 0 Å². The van der Waals surface area contributed by atoms with E-state index in [0.29, 0.717) is 6.54 Å². The van der Waals surface area contributed by atoms with E-state index in [1.54, 1.807) is 12.4 Å². The predicted molar refractivity (Wildman–Crippen MR) is 88.0 cm³/mol. The lowest BCUT2D eigenvalue weighted by Crippen LogP contribution is -2.13. The molecule has 0 spiro atoms. The van der Waals surface area contributed by atoms with Crippen molar-refractivity contribution in [1.82, 2.24) is 15.3 Å². The molecule has 0 radical (unpaired) electrons. The van der Waals surface area contributed by atoms with Gasteiger partial charge in [0, 0.05) is 29.7 Å². The van der Waals surface area contributed by atoms with Crippen LogP contribution in [-0.4, -0.2) is 16.5 Å². The lowest BCUT2D eigenvalue weighted by molar-refractivity contribution is 0.936. The van der Waals surface area contributed by atoms with Crippen LogP contribution >= 0.6 is 0 Å². The fourth-order valence-corrected chi connectivity index (χ4v) is 2.05. The van der Waals surface area contributed by atoms with E-state index < -0.39 is 0 Å². The highest BCUT2D eigenvalue weighted by Gasteiger charge is 2.07. The van der Waals surface area contributed by atoms with Gasteiger partial charge in [-0.2, -0.15) is 0 Å². The number of hydrogen-bond acceptors (Lipinski definition) is 3. The van der Waals surface area contributed by atoms with Gasteiger partial charge < -0.3 is 16.0 Å². The summed E-state index contributed by atoms with van der Waals surface area (Å²) in [4.78, 5) is 7.37. The summed E-state index contributed by atoms with van der Waals surface area (Å²) in [5.41, 5.74) is 10.3. The lowest BCUT2D eigenvalue weighted by atomic mass is 10.0. The van der Waals surface area contributed by atoms with Gasteiger partial charge in [0.2, 0.25) is 0 Å². The van der Waals surface area contributed by atoms with Crippen LogP contribution in [0.25, 0.3) is 16.6 Å². The minimum atomic E-state index is 0.447. The zero-order valence-corrected chi connectivity index (χ0v) is 12.0. The van der Waals surface area contributed by atoms with E-state index in [9.17, 15) is 0 Å². The normalized spacial score (nSPS) is 12.2. The van der Waals surface area contributed by atoms with Crippen LogP contribution in [0.2, 0.25) is 0 Å². The van der Waals surface area contributed by atoms with Crippen molar-refractivity contribution in [2.45, 2.75) is 6.92 Å². The first-order valence-electron chi connectivity index (χ1n) is 6.56. The maximum Gasteiger partial charge on any atom is 0.137 e. The molecule has 0 saturated heterocycles. The van der Waals surface area contributed by atoms with Gasteiger partial charge in [-0.15, -0.1) is 6.42 Å². The topological polar surface area (TPSA) is 66.7 Å². The summed E-state index contributed by atoms with van der Waals surface area (Å²) < 4.78 is 0. The number of nitrogens with zero attached hydrogens (tertiary/aromatic N) is 1. The largest absolute Gasteiger partial charge is 0.404 e. The molecule has 21 heavy (non-hydrogen) atoms. The molecule has 0 bridgehead atoms. The summed E-state index contributed by atoms with van der Waals surface area (Å²) in [6, 6.07) is 3.92. The Morgan fingerprint density at radius 3 is 3.10 bits per heavy atom. The highest BCUT2D eigenvalue weighted by atomic mass is 14.9. The molecule has 2 heterocycles. The second-order valence-corrected chi connectivity index (χ2v) is 4.58. The molecular weight excluding hydrogens is 260 g/mol. The highest BCUT2D eigenvalue weighted by Crippen LogP contribution is 2.25. The molecule has 2 rings (SSSR count). The fraction of sp³-hybridized carbons (Fsp3) is 0.118. The molecule has 4 N–H and O–H groups in total. The Hall–Kier alpha value is -2.93. The molecule has 106 valence electrons. The van der Waals surface area contributed by atoms with E-state index in [0.717, 1.165) is 33.4 Å². The Labute approximate surface area is 124 Å². The van der Waals surface area contributed by atoms with Crippen molar-refractivity contribution in [3.05, 3.63) is 60.2 Å². The average molecular weight is 278 g/mol. The van der Waals surface area contributed by atoms with Gasteiger partial charge in [-0.05, 0) is 41.8 Å². The highest BCUT2D eigenvalue weighted by molar-refractivity contribution is 5.93. The number of pyridine rings is 1. The molecule has 0 fully saturated rings. The zero-order chi connectivity index (χ0) is 15.2. The number of aromatic nitrogens is 2. The summed E-state index contributed by atoms with van der Waals surface area (Å²) in [5, 5.41) is 4.09. The minimum Gasteiger partial charge on any atom is -0.404 e. The third kappa shape index (κ3) is 3.15. The Bertz CT molecular complexity index is 756. The van der Waals surface area contributed by atoms with Crippen molar-refractivity contribution in [1.29, 1.82) is 0 Å². The first kappa shape index (κ1) is 14.5. The van der Waals surface area contributed by atoms with Crippen LogP contribution in [-0.2, 0) is 0 Å². The number of terminal acetylenes is 1. The molecule has 2 aromatic rings. The molecular formula is C17H18N4. The molecule has 4 nitrogen and oxygen atoms in total. The van der Waals surface area contributed by atoms with Gasteiger partial charge in [0.25, 0.3) is 0 Å². The van der Waals surface area contributed by atoms with E-state index >= 15 is 0 Å². The number of allylic oxidation sites excluding steroid dienone is 3. The Morgan fingerprint density at radius 1 is 1.57 bits per heavy atom. The zero-order valence-electron chi connectivity index (χ0n) is 12.0. The van der Waals surface area contributed by atoms with E-state index in [-0.39, 0.29) is 0 Å². The summed E-state index contributed by atoms with van der Waals surface area (Å²) >= 11 is 0. The second-order valence-electron chi connectivity index (χ2n) is 4.58. The monoisotopic (exact) mass is 278 g/mol. The van der Waals surface area contributed by atoms with Gasteiger partial charge in [-0.1, -0.05) is 12.5 Å². The Kier molecular flexibility index (Phi) is 4.47. The number of hydrogen-bond donors (Lipinski definition) is 3. The van der Waals surface area contributed by atoms with Crippen LogP contribution in [0.15, 0.2) is 54.7 Å². The number of aromatic amines is 1. The quantitative estimate of drug-likeness (QED) is 0.581. The molecule has 2 aromatic heterocycles. The molecule has 0 amide bonds. The van der Waals surface area contributed by atoms with E-state index in [4.69, 9.17) is 12.2 Å². The molecule has 0 unspecified atom stereocenters. The summed E-state index contributed by atoms with van der Waals surface area (Å²) in [5.74, 6) is 2.52. The third-order valence-corrected chi connectivity index (χ3v) is 3.20. The first-order chi connectivity index (χ1) is 10.2. The van der Waals surface area contributed by atoms with E-state index in [2.05, 4.69) is 27.8 Å². The smallest absolute Gasteiger partial charge is 0.137 e. The number of rotatable bonds is 5. The van der Waals surface area contributed by atoms with Gasteiger partial charge in [0.05, 0.1) is 6.54 Å². The third-order valence-electron chi connectivity index (χ3n) is 3.20. The Morgan fingerprint density at radius 2 is 2.38 bits per heavy atom. The van der Waals surface area contributed by atoms with E-state index in [1.807, 2.05) is 31.3 Å². The van der Waals surface area contributed by atoms with Crippen LogP contribution in [0.4, 0.5) is 0 Å². The molecule has 0 aliphatic heterocycles. The average Bonchev–Trinajstić information content (AvgIpc) is 2.98. The SMILES string of the molecule is C#CCNC(=C)/C(C)=C/C(=C\N)c1ccnc2[nH]ccc12. The first-order valence-corrected chi connectivity index (χ1v) is 6.56. The van der Waals surface area contributed by atoms with Crippen LogP contribution in [0.1, 0.15) is 12.5 Å². The Balaban J connectivity index is 2.35. The van der Waals surface area contributed by atoms with Crippen LogP contribution in [0, 0.1) is 12.3 Å². The lowest BCUT2D eigenvalue weighted by Gasteiger charge is -2.09. The van der Waals surface area contributed by atoms with Gasteiger partial charge in [-0.25, -0.2) is 4.98 Å². The van der Waals surface area contributed by atoms with Crippen molar-refractivity contribution in [3.63, 3.8) is 0 Å². The molecule has 0 saturated carbocycles. The fourth-order valence-electron chi connectivity index (χ4n) is 2.05. The summed E-state index contributed by atoms with van der Waals surface area (Å²) in [7, 11) is 0. The molecule has 4 heteroatoms. The van der Waals surface area contributed by atoms with Crippen molar-refractivity contribution in [3.8, 4) is 12.3 Å². The molecule has 0 aromatic carbocycles. The molecule has 0 atom stereocenters. The molecule has 0 aliphatic rings. The van der Waals surface area contributed by atoms with Crippen LogP contribution in [0.3, 0.4) is 0 Å². The summed E-state index contributed by atoms with van der Waals surface area (Å²) in [6.07, 6.45) is 12.4. The number of fused-ring (bicyclic) bond motifs is 1. The van der Waals surface area contributed by atoms with Gasteiger partial charge in [0.1, 0.15) is 5.65 Å². The van der Waals surface area contributed by atoms with Gasteiger partial charge in [-0.3, -0.25) is 0 Å².